The summed E-state index contributed by atoms with van der Waals surface area (Å²) in [5, 5.41) is 2.61. The van der Waals surface area contributed by atoms with E-state index >= 15 is 0 Å². The van der Waals surface area contributed by atoms with E-state index < -0.39 is 11.9 Å². The lowest BCUT2D eigenvalue weighted by Gasteiger charge is -2.08. The summed E-state index contributed by atoms with van der Waals surface area (Å²) < 4.78 is 18.4. The van der Waals surface area contributed by atoms with Gasteiger partial charge in [-0.05, 0) is 36.1 Å². The summed E-state index contributed by atoms with van der Waals surface area (Å²) in [4.78, 5) is 23.4. The van der Waals surface area contributed by atoms with Gasteiger partial charge in [-0.2, -0.15) is 0 Å². The minimum atomic E-state index is -0.450. The van der Waals surface area contributed by atoms with Gasteiger partial charge in [0, 0.05) is 6.54 Å². The molecule has 0 aliphatic rings. The molecule has 1 amide bonds. The Morgan fingerprint density at radius 3 is 2.42 bits per heavy atom. The highest BCUT2D eigenvalue weighted by molar-refractivity contribution is 5.81. The van der Waals surface area contributed by atoms with Crippen molar-refractivity contribution >= 4 is 11.9 Å². The molecule has 4 nitrogen and oxygen atoms in total. The van der Waals surface area contributed by atoms with E-state index in [0.717, 1.165) is 11.1 Å². The number of amides is 1. The van der Waals surface area contributed by atoms with Gasteiger partial charge in [-0.3, -0.25) is 9.59 Å². The molecule has 0 saturated carbocycles. The maximum atomic E-state index is 13.4. The average molecular weight is 329 g/mol. The van der Waals surface area contributed by atoms with Crippen molar-refractivity contribution in [3.8, 4) is 0 Å². The number of benzene rings is 2. The number of hydrogen-bond donors (Lipinski definition) is 1. The molecule has 0 aliphatic heterocycles. The first-order chi connectivity index (χ1) is 11.6. The van der Waals surface area contributed by atoms with Crippen molar-refractivity contribution in [3.63, 3.8) is 0 Å². The number of nitrogens with one attached hydrogen (secondary N) is 1. The van der Waals surface area contributed by atoms with E-state index in [-0.39, 0.29) is 25.4 Å². The second-order valence-corrected chi connectivity index (χ2v) is 5.46. The number of halogens is 1. The van der Waals surface area contributed by atoms with Crippen LogP contribution in [0.15, 0.2) is 48.5 Å². The zero-order chi connectivity index (χ0) is 17.4. The second-order valence-electron chi connectivity index (χ2n) is 5.46. The van der Waals surface area contributed by atoms with Crippen LogP contribution in [0.25, 0.3) is 0 Å². The van der Waals surface area contributed by atoms with Crippen LogP contribution in [0.5, 0.6) is 0 Å². The Bertz CT molecular complexity index is 715. The molecule has 0 atom stereocenters. The van der Waals surface area contributed by atoms with Crippen molar-refractivity contribution in [2.45, 2.75) is 19.8 Å². The van der Waals surface area contributed by atoms with Crippen LogP contribution in [0, 0.1) is 12.7 Å². The highest BCUT2D eigenvalue weighted by Crippen LogP contribution is 2.08. The quantitative estimate of drug-likeness (QED) is 0.795. The molecule has 0 unspecified atom stereocenters. The smallest absolute Gasteiger partial charge is 0.310 e. The van der Waals surface area contributed by atoms with Gasteiger partial charge in [0.15, 0.2) is 6.61 Å². The molecule has 0 aromatic heterocycles. The molecule has 1 N–H and O–H groups in total. The molecule has 2 aromatic carbocycles. The minimum absolute atomic E-state index is 0.134. The highest BCUT2D eigenvalue weighted by Gasteiger charge is 2.10. The molecule has 0 heterocycles. The van der Waals surface area contributed by atoms with Crippen LogP contribution in [-0.2, 0) is 27.2 Å². The Kier molecular flexibility index (Phi) is 6.49. The third-order valence-electron chi connectivity index (χ3n) is 3.63. The number of esters is 1. The van der Waals surface area contributed by atoms with E-state index in [9.17, 15) is 14.0 Å². The number of ether oxygens (including phenoxy) is 1. The zero-order valence-electron chi connectivity index (χ0n) is 13.5. The fourth-order valence-electron chi connectivity index (χ4n) is 2.25. The van der Waals surface area contributed by atoms with E-state index in [2.05, 4.69) is 5.32 Å². The van der Waals surface area contributed by atoms with Gasteiger partial charge in [-0.25, -0.2) is 4.39 Å². The molecular weight excluding hydrogens is 309 g/mol. The van der Waals surface area contributed by atoms with Crippen molar-refractivity contribution in [1.29, 1.82) is 0 Å². The van der Waals surface area contributed by atoms with Gasteiger partial charge in [0.1, 0.15) is 5.82 Å². The van der Waals surface area contributed by atoms with Crippen molar-refractivity contribution in [3.05, 3.63) is 71.0 Å². The standard InChI is InChI=1S/C19H20FNO3/c1-14-6-2-3-8-16(14)12-19(23)24-13-18(22)21-11-10-15-7-4-5-9-17(15)20/h2-9H,10-13H2,1H3,(H,21,22). The lowest BCUT2D eigenvalue weighted by molar-refractivity contribution is -0.147. The van der Waals surface area contributed by atoms with Gasteiger partial charge in [-0.1, -0.05) is 42.5 Å². The van der Waals surface area contributed by atoms with Gasteiger partial charge < -0.3 is 10.1 Å². The van der Waals surface area contributed by atoms with Crippen LogP contribution in [-0.4, -0.2) is 25.0 Å². The van der Waals surface area contributed by atoms with Gasteiger partial charge in [0.25, 0.3) is 5.91 Å². The van der Waals surface area contributed by atoms with E-state index in [1.165, 1.54) is 6.07 Å². The Balaban J connectivity index is 1.68. The summed E-state index contributed by atoms with van der Waals surface area (Å²) >= 11 is 0. The highest BCUT2D eigenvalue weighted by atomic mass is 19.1. The van der Waals surface area contributed by atoms with Crippen LogP contribution < -0.4 is 5.32 Å². The molecule has 5 heteroatoms. The van der Waals surface area contributed by atoms with Crippen LogP contribution >= 0.6 is 0 Å². The van der Waals surface area contributed by atoms with Crippen molar-refractivity contribution < 1.29 is 18.7 Å². The first kappa shape index (κ1) is 17.7. The van der Waals surface area contributed by atoms with Crippen LogP contribution in [0.4, 0.5) is 4.39 Å². The van der Waals surface area contributed by atoms with Gasteiger partial charge in [-0.15, -0.1) is 0 Å². The number of carbonyl (C=O) groups is 2. The average Bonchev–Trinajstić information content (AvgIpc) is 2.57. The molecule has 2 rings (SSSR count). The lowest BCUT2D eigenvalue weighted by atomic mass is 10.1. The molecule has 0 bridgehead atoms. The number of carbonyl (C=O) groups excluding carboxylic acids is 2. The van der Waals surface area contributed by atoms with Crippen molar-refractivity contribution in [1.82, 2.24) is 5.32 Å². The van der Waals surface area contributed by atoms with Gasteiger partial charge in [0.2, 0.25) is 0 Å². The molecule has 0 spiro atoms. The zero-order valence-corrected chi connectivity index (χ0v) is 13.5. The summed E-state index contributed by atoms with van der Waals surface area (Å²) in [5.74, 6) is -1.14. The van der Waals surface area contributed by atoms with E-state index in [1.54, 1.807) is 18.2 Å². The molecule has 0 saturated heterocycles. The number of rotatable bonds is 7. The van der Waals surface area contributed by atoms with Gasteiger partial charge >= 0.3 is 5.97 Å². The first-order valence-corrected chi connectivity index (χ1v) is 7.76. The lowest BCUT2D eigenvalue weighted by Crippen LogP contribution is -2.30. The predicted octanol–water partition coefficient (Wildman–Crippen LogP) is 2.58. The summed E-state index contributed by atoms with van der Waals surface area (Å²) in [6.07, 6.45) is 0.519. The Labute approximate surface area is 140 Å². The summed E-state index contributed by atoms with van der Waals surface area (Å²) in [6, 6.07) is 13.9. The van der Waals surface area contributed by atoms with Crippen LogP contribution in [0.2, 0.25) is 0 Å². The van der Waals surface area contributed by atoms with Crippen LogP contribution in [0.1, 0.15) is 16.7 Å². The molecule has 0 radical (unpaired) electrons. The number of hydrogen-bond acceptors (Lipinski definition) is 3. The van der Waals surface area contributed by atoms with Gasteiger partial charge in [0.05, 0.1) is 6.42 Å². The molecule has 24 heavy (non-hydrogen) atoms. The summed E-state index contributed by atoms with van der Waals surface area (Å²) in [6.45, 7) is 1.87. The third-order valence-corrected chi connectivity index (χ3v) is 3.63. The van der Waals surface area contributed by atoms with E-state index in [1.807, 2.05) is 31.2 Å². The number of aryl methyl sites for hydroxylation is 1. The maximum absolute atomic E-state index is 13.4. The molecular formula is C19H20FNO3. The monoisotopic (exact) mass is 329 g/mol. The molecule has 126 valence electrons. The molecule has 0 fully saturated rings. The largest absolute Gasteiger partial charge is 0.455 e. The van der Waals surface area contributed by atoms with Crippen molar-refractivity contribution in [2.75, 3.05) is 13.2 Å². The van der Waals surface area contributed by atoms with Crippen LogP contribution in [0.3, 0.4) is 0 Å². The Morgan fingerprint density at radius 2 is 1.71 bits per heavy atom. The fraction of sp³-hybridized carbons (Fsp3) is 0.263. The Morgan fingerprint density at radius 1 is 1.04 bits per heavy atom. The minimum Gasteiger partial charge on any atom is -0.455 e. The predicted molar refractivity (Wildman–Crippen MR) is 89.0 cm³/mol. The normalized spacial score (nSPS) is 10.2. The topological polar surface area (TPSA) is 55.4 Å². The van der Waals surface area contributed by atoms with E-state index in [0.29, 0.717) is 12.0 Å². The summed E-state index contributed by atoms with van der Waals surface area (Å²) in [7, 11) is 0. The maximum Gasteiger partial charge on any atom is 0.310 e. The third kappa shape index (κ3) is 5.50. The summed E-state index contributed by atoms with van der Waals surface area (Å²) in [5.41, 5.74) is 2.42. The fourth-order valence-corrected chi connectivity index (χ4v) is 2.25. The second kappa shape index (κ2) is 8.82. The van der Waals surface area contributed by atoms with Crippen molar-refractivity contribution in [2.24, 2.45) is 0 Å². The molecule has 0 aliphatic carbocycles. The van der Waals surface area contributed by atoms with E-state index in [4.69, 9.17) is 4.74 Å². The molecule has 2 aromatic rings. The Hall–Kier alpha value is -2.69. The first-order valence-electron chi connectivity index (χ1n) is 7.76. The SMILES string of the molecule is Cc1ccccc1CC(=O)OCC(=O)NCCc1ccccc1F.